The van der Waals surface area contributed by atoms with Crippen LogP contribution in [-0.4, -0.2) is 32.4 Å². The highest BCUT2D eigenvalue weighted by atomic mass is 16.5. The van der Waals surface area contributed by atoms with E-state index in [0.29, 0.717) is 30.3 Å². The zero-order valence-corrected chi connectivity index (χ0v) is 18.6. The Morgan fingerprint density at radius 3 is 2.41 bits per heavy atom. The Hall–Kier alpha value is -3.80. The maximum Gasteiger partial charge on any atom is 0.271 e. The standard InChI is InChI=1S/C26H28N2O4/c1-19-10-11-20(2)24(16-19)32-15-7-14-31-23-13-12-21(17-25(23)30-3)18-27-28-26(29)22-8-5-4-6-9-22/h4-6,8-13,16-18H,7,14-15H2,1-3H3,(H,28,29)/b27-18+. The van der Waals surface area contributed by atoms with Crippen molar-refractivity contribution in [1.29, 1.82) is 0 Å². The summed E-state index contributed by atoms with van der Waals surface area (Å²) in [5.74, 6) is 1.88. The largest absolute Gasteiger partial charge is 0.493 e. The molecule has 32 heavy (non-hydrogen) atoms. The second-order valence-electron chi connectivity index (χ2n) is 7.29. The van der Waals surface area contributed by atoms with E-state index in [9.17, 15) is 4.79 Å². The molecule has 0 fully saturated rings. The third-order valence-corrected chi connectivity index (χ3v) is 4.75. The van der Waals surface area contributed by atoms with Gasteiger partial charge in [0.15, 0.2) is 11.5 Å². The van der Waals surface area contributed by atoms with Crippen molar-refractivity contribution < 1.29 is 19.0 Å². The number of nitrogens with zero attached hydrogens (tertiary/aromatic N) is 1. The van der Waals surface area contributed by atoms with Gasteiger partial charge in [0.25, 0.3) is 5.91 Å². The van der Waals surface area contributed by atoms with Gasteiger partial charge in [-0.15, -0.1) is 0 Å². The van der Waals surface area contributed by atoms with Gasteiger partial charge in [0, 0.05) is 12.0 Å². The number of hydrogen-bond donors (Lipinski definition) is 1. The molecule has 1 amide bonds. The molecule has 0 saturated carbocycles. The summed E-state index contributed by atoms with van der Waals surface area (Å²) >= 11 is 0. The lowest BCUT2D eigenvalue weighted by Crippen LogP contribution is -2.17. The van der Waals surface area contributed by atoms with Crippen molar-refractivity contribution >= 4 is 12.1 Å². The quantitative estimate of drug-likeness (QED) is 0.280. The number of carbonyl (C=O) groups is 1. The molecule has 0 unspecified atom stereocenters. The Kier molecular flexibility index (Phi) is 8.26. The molecular weight excluding hydrogens is 404 g/mol. The highest BCUT2D eigenvalue weighted by Gasteiger charge is 2.06. The van der Waals surface area contributed by atoms with Crippen molar-refractivity contribution in [1.82, 2.24) is 5.43 Å². The molecule has 6 heteroatoms. The van der Waals surface area contributed by atoms with Crippen LogP contribution in [0.1, 0.15) is 33.5 Å². The van der Waals surface area contributed by atoms with E-state index in [-0.39, 0.29) is 5.91 Å². The zero-order valence-electron chi connectivity index (χ0n) is 18.6. The number of nitrogens with one attached hydrogen (secondary N) is 1. The molecular formula is C26H28N2O4. The van der Waals surface area contributed by atoms with Crippen LogP contribution in [0.15, 0.2) is 71.8 Å². The molecule has 3 aromatic carbocycles. The van der Waals surface area contributed by atoms with Gasteiger partial charge >= 0.3 is 0 Å². The van der Waals surface area contributed by atoms with Crippen molar-refractivity contribution in [2.75, 3.05) is 20.3 Å². The van der Waals surface area contributed by atoms with Crippen LogP contribution in [0.25, 0.3) is 0 Å². The third-order valence-electron chi connectivity index (χ3n) is 4.75. The van der Waals surface area contributed by atoms with E-state index < -0.39 is 0 Å². The second-order valence-corrected chi connectivity index (χ2v) is 7.29. The predicted molar refractivity (Wildman–Crippen MR) is 126 cm³/mol. The van der Waals surface area contributed by atoms with Crippen LogP contribution in [0, 0.1) is 13.8 Å². The first-order valence-electron chi connectivity index (χ1n) is 10.5. The number of hydrazone groups is 1. The Morgan fingerprint density at radius 1 is 0.906 bits per heavy atom. The number of amides is 1. The summed E-state index contributed by atoms with van der Waals surface area (Å²) in [6.07, 6.45) is 2.30. The smallest absolute Gasteiger partial charge is 0.271 e. The van der Waals surface area contributed by atoms with E-state index in [1.54, 1.807) is 43.7 Å². The van der Waals surface area contributed by atoms with Crippen molar-refractivity contribution in [2.45, 2.75) is 20.3 Å². The average molecular weight is 433 g/mol. The van der Waals surface area contributed by atoms with Crippen molar-refractivity contribution in [3.05, 3.63) is 89.0 Å². The molecule has 3 rings (SSSR count). The zero-order chi connectivity index (χ0) is 22.8. The van der Waals surface area contributed by atoms with Crippen LogP contribution in [0.3, 0.4) is 0 Å². The van der Waals surface area contributed by atoms with Crippen molar-refractivity contribution in [2.24, 2.45) is 5.10 Å². The lowest BCUT2D eigenvalue weighted by atomic mass is 10.1. The molecule has 0 aliphatic heterocycles. The van der Waals surface area contributed by atoms with Crippen LogP contribution in [0.2, 0.25) is 0 Å². The maximum absolute atomic E-state index is 12.0. The van der Waals surface area contributed by atoms with Gasteiger partial charge in [-0.05, 0) is 66.9 Å². The average Bonchev–Trinajstić information content (AvgIpc) is 2.82. The molecule has 3 aromatic rings. The number of methoxy groups -OCH3 is 1. The molecule has 0 aliphatic carbocycles. The molecule has 6 nitrogen and oxygen atoms in total. The summed E-state index contributed by atoms with van der Waals surface area (Å²) in [7, 11) is 1.59. The molecule has 0 aromatic heterocycles. The maximum atomic E-state index is 12.0. The van der Waals surface area contributed by atoms with Crippen LogP contribution in [0.5, 0.6) is 17.2 Å². The van der Waals surface area contributed by atoms with E-state index in [1.807, 2.05) is 38.1 Å². The van der Waals surface area contributed by atoms with Gasteiger partial charge in [0.1, 0.15) is 5.75 Å². The van der Waals surface area contributed by atoms with Gasteiger partial charge in [0.05, 0.1) is 26.5 Å². The fourth-order valence-electron chi connectivity index (χ4n) is 2.99. The Bertz CT molecular complexity index is 1060. The summed E-state index contributed by atoms with van der Waals surface area (Å²) in [5, 5.41) is 4.01. The summed E-state index contributed by atoms with van der Waals surface area (Å²) in [5.41, 5.74) is 6.14. The first kappa shape index (κ1) is 22.9. The van der Waals surface area contributed by atoms with Gasteiger partial charge in [-0.25, -0.2) is 5.43 Å². The fourth-order valence-corrected chi connectivity index (χ4v) is 2.99. The van der Waals surface area contributed by atoms with E-state index in [2.05, 4.69) is 22.7 Å². The van der Waals surface area contributed by atoms with E-state index in [0.717, 1.165) is 23.3 Å². The molecule has 0 heterocycles. The summed E-state index contributed by atoms with van der Waals surface area (Å²) in [6, 6.07) is 20.6. The molecule has 0 bridgehead atoms. The SMILES string of the molecule is COc1cc(/C=N/NC(=O)c2ccccc2)ccc1OCCCOc1cc(C)ccc1C. The summed E-state index contributed by atoms with van der Waals surface area (Å²) in [6.45, 7) is 5.15. The van der Waals surface area contributed by atoms with Crippen LogP contribution in [-0.2, 0) is 0 Å². The molecule has 0 radical (unpaired) electrons. The normalized spacial score (nSPS) is 10.7. The Balaban J connectivity index is 1.48. The van der Waals surface area contributed by atoms with Gasteiger partial charge in [-0.3, -0.25) is 4.79 Å². The number of hydrogen-bond acceptors (Lipinski definition) is 5. The first-order chi connectivity index (χ1) is 15.6. The van der Waals surface area contributed by atoms with E-state index in [1.165, 1.54) is 5.56 Å². The number of benzene rings is 3. The first-order valence-corrected chi connectivity index (χ1v) is 10.5. The monoisotopic (exact) mass is 432 g/mol. The van der Waals surface area contributed by atoms with Gasteiger partial charge in [-0.2, -0.15) is 5.10 Å². The fraction of sp³-hybridized carbons (Fsp3) is 0.231. The second kappa shape index (κ2) is 11.6. The van der Waals surface area contributed by atoms with Crippen LogP contribution < -0.4 is 19.6 Å². The number of carbonyl (C=O) groups excluding carboxylic acids is 1. The minimum Gasteiger partial charge on any atom is -0.493 e. The Labute approximate surface area is 188 Å². The Morgan fingerprint density at radius 2 is 1.66 bits per heavy atom. The highest BCUT2D eigenvalue weighted by molar-refractivity contribution is 5.94. The molecule has 0 saturated heterocycles. The van der Waals surface area contributed by atoms with Crippen LogP contribution in [0.4, 0.5) is 0 Å². The summed E-state index contributed by atoms with van der Waals surface area (Å²) < 4.78 is 17.2. The molecule has 0 atom stereocenters. The van der Waals surface area contributed by atoms with E-state index >= 15 is 0 Å². The van der Waals surface area contributed by atoms with Crippen molar-refractivity contribution in [3.8, 4) is 17.2 Å². The lowest BCUT2D eigenvalue weighted by Gasteiger charge is -2.12. The van der Waals surface area contributed by atoms with Gasteiger partial charge in [0.2, 0.25) is 0 Å². The number of rotatable bonds is 10. The summed E-state index contributed by atoms with van der Waals surface area (Å²) in [4.78, 5) is 12.0. The third kappa shape index (κ3) is 6.60. The predicted octanol–water partition coefficient (Wildman–Crippen LogP) is 4.92. The lowest BCUT2D eigenvalue weighted by molar-refractivity contribution is 0.0955. The minimum atomic E-state index is -0.267. The van der Waals surface area contributed by atoms with Crippen molar-refractivity contribution in [3.63, 3.8) is 0 Å². The molecule has 166 valence electrons. The number of ether oxygens (including phenoxy) is 3. The molecule has 1 N–H and O–H groups in total. The van der Waals surface area contributed by atoms with Crippen LogP contribution >= 0.6 is 0 Å². The van der Waals surface area contributed by atoms with Gasteiger partial charge in [-0.1, -0.05) is 30.3 Å². The van der Waals surface area contributed by atoms with Gasteiger partial charge < -0.3 is 14.2 Å². The number of aryl methyl sites for hydroxylation is 2. The highest BCUT2D eigenvalue weighted by Crippen LogP contribution is 2.27. The minimum absolute atomic E-state index is 0.267. The molecule has 0 spiro atoms. The van der Waals surface area contributed by atoms with E-state index in [4.69, 9.17) is 14.2 Å². The molecule has 0 aliphatic rings. The topological polar surface area (TPSA) is 69.2 Å².